The number of benzene rings is 2. The molecule has 0 bridgehead atoms. The van der Waals surface area contributed by atoms with Crippen LogP contribution in [0, 0.1) is 18.6 Å². The van der Waals surface area contributed by atoms with Gasteiger partial charge >= 0.3 is 0 Å². The Bertz CT molecular complexity index is 506. The van der Waals surface area contributed by atoms with Gasteiger partial charge in [-0.2, -0.15) is 0 Å². The molecule has 4 heteroatoms. The highest BCUT2D eigenvalue weighted by atomic mass is 35.5. The third-order valence-corrected chi connectivity index (χ3v) is 2.79. The Morgan fingerprint density at radius 2 is 1.59 bits per heavy atom. The normalized spacial score (nSPS) is 10.4. The first-order valence-electron chi connectivity index (χ1n) is 5.04. The van der Waals surface area contributed by atoms with E-state index < -0.39 is 11.6 Å². The van der Waals surface area contributed by atoms with Crippen LogP contribution < -0.4 is 5.32 Å². The van der Waals surface area contributed by atoms with Crippen molar-refractivity contribution < 1.29 is 8.78 Å². The van der Waals surface area contributed by atoms with Crippen LogP contribution in [-0.4, -0.2) is 0 Å². The van der Waals surface area contributed by atoms with E-state index in [1.54, 1.807) is 6.07 Å². The number of nitrogens with one attached hydrogen (secondary N) is 1. The molecule has 2 aromatic carbocycles. The Kier molecular flexibility index (Phi) is 3.29. The lowest BCUT2D eigenvalue weighted by Crippen LogP contribution is -1.93. The van der Waals surface area contributed by atoms with Gasteiger partial charge in [0.05, 0.1) is 0 Å². The second-order valence-electron chi connectivity index (χ2n) is 3.72. The standard InChI is InChI=1S/C13H10ClF2N/c1-8-2-3-9(6-11(8)14)17-10-4-5-12(15)13(16)7-10/h2-7,17H,1H3. The summed E-state index contributed by atoms with van der Waals surface area (Å²) >= 11 is 5.96. The fraction of sp³-hybridized carbons (Fsp3) is 0.0769. The molecule has 1 N–H and O–H groups in total. The summed E-state index contributed by atoms with van der Waals surface area (Å²) in [5.74, 6) is -1.74. The maximum absolute atomic E-state index is 13.0. The van der Waals surface area contributed by atoms with Gasteiger partial charge in [0.25, 0.3) is 0 Å². The second kappa shape index (κ2) is 4.72. The molecule has 0 amide bonds. The van der Waals surface area contributed by atoms with Gasteiger partial charge in [0.2, 0.25) is 0 Å². The lowest BCUT2D eigenvalue weighted by atomic mass is 10.2. The molecule has 0 unspecified atom stereocenters. The Morgan fingerprint density at radius 3 is 2.24 bits per heavy atom. The molecule has 0 aliphatic heterocycles. The van der Waals surface area contributed by atoms with E-state index in [1.165, 1.54) is 6.07 Å². The quantitative estimate of drug-likeness (QED) is 0.820. The summed E-state index contributed by atoms with van der Waals surface area (Å²) in [4.78, 5) is 0. The highest BCUT2D eigenvalue weighted by Gasteiger charge is 2.03. The topological polar surface area (TPSA) is 12.0 Å². The Morgan fingerprint density at radius 1 is 0.941 bits per heavy atom. The van der Waals surface area contributed by atoms with Crippen molar-refractivity contribution in [2.24, 2.45) is 0 Å². The molecule has 88 valence electrons. The Balaban J connectivity index is 2.25. The van der Waals surface area contributed by atoms with E-state index in [-0.39, 0.29) is 0 Å². The average molecular weight is 254 g/mol. The van der Waals surface area contributed by atoms with Crippen LogP contribution in [0.15, 0.2) is 36.4 Å². The molecule has 0 atom stereocenters. The molecule has 2 rings (SSSR count). The number of anilines is 2. The van der Waals surface area contributed by atoms with Gasteiger partial charge in [0, 0.05) is 22.5 Å². The van der Waals surface area contributed by atoms with Gasteiger partial charge in [-0.15, -0.1) is 0 Å². The third-order valence-electron chi connectivity index (χ3n) is 2.38. The smallest absolute Gasteiger partial charge is 0.160 e. The number of rotatable bonds is 2. The predicted molar refractivity (Wildman–Crippen MR) is 65.8 cm³/mol. The summed E-state index contributed by atoms with van der Waals surface area (Å²) in [5.41, 5.74) is 2.16. The Hall–Kier alpha value is -1.61. The van der Waals surface area contributed by atoms with Crippen LogP contribution in [0.25, 0.3) is 0 Å². The van der Waals surface area contributed by atoms with E-state index in [0.29, 0.717) is 10.7 Å². The number of hydrogen-bond donors (Lipinski definition) is 1. The predicted octanol–water partition coefficient (Wildman–Crippen LogP) is 4.67. The highest BCUT2D eigenvalue weighted by Crippen LogP contribution is 2.23. The SMILES string of the molecule is Cc1ccc(Nc2ccc(F)c(F)c2)cc1Cl. The minimum absolute atomic E-state index is 0.476. The van der Waals surface area contributed by atoms with Crippen molar-refractivity contribution in [3.8, 4) is 0 Å². The Labute approximate surface area is 103 Å². The molecule has 2 aromatic rings. The maximum Gasteiger partial charge on any atom is 0.160 e. The molecule has 0 aromatic heterocycles. The first-order valence-corrected chi connectivity index (χ1v) is 5.42. The number of halogens is 3. The van der Waals surface area contributed by atoms with Crippen LogP contribution in [0.1, 0.15) is 5.56 Å². The number of aryl methyl sites for hydroxylation is 1. The first kappa shape index (κ1) is 11.9. The van der Waals surface area contributed by atoms with Crippen molar-refractivity contribution in [3.05, 3.63) is 58.6 Å². The van der Waals surface area contributed by atoms with Gasteiger partial charge in [0.1, 0.15) is 0 Å². The van der Waals surface area contributed by atoms with Crippen molar-refractivity contribution in [2.45, 2.75) is 6.92 Å². The van der Waals surface area contributed by atoms with E-state index >= 15 is 0 Å². The summed E-state index contributed by atoms with van der Waals surface area (Å²) in [6, 6.07) is 9.05. The molecule has 0 saturated heterocycles. The molecule has 0 aliphatic rings. The van der Waals surface area contributed by atoms with Gasteiger partial charge in [-0.3, -0.25) is 0 Å². The summed E-state index contributed by atoms with van der Waals surface area (Å²) in [6.07, 6.45) is 0. The molecule has 1 nitrogen and oxygen atoms in total. The van der Waals surface area contributed by atoms with Crippen molar-refractivity contribution in [1.29, 1.82) is 0 Å². The molecule has 0 heterocycles. The van der Waals surface area contributed by atoms with Crippen LogP contribution in [0.3, 0.4) is 0 Å². The summed E-state index contributed by atoms with van der Waals surface area (Å²) in [7, 11) is 0. The maximum atomic E-state index is 13.0. The minimum Gasteiger partial charge on any atom is -0.355 e. The fourth-order valence-electron chi connectivity index (χ4n) is 1.41. The summed E-state index contributed by atoms with van der Waals surface area (Å²) < 4.78 is 25.7. The molecule has 0 fully saturated rings. The van der Waals surface area contributed by atoms with Crippen molar-refractivity contribution in [3.63, 3.8) is 0 Å². The van der Waals surface area contributed by atoms with Crippen molar-refractivity contribution in [2.75, 3.05) is 5.32 Å². The molecule has 17 heavy (non-hydrogen) atoms. The molecule has 0 spiro atoms. The average Bonchev–Trinajstić information content (AvgIpc) is 2.29. The van der Waals surface area contributed by atoms with Crippen molar-refractivity contribution in [1.82, 2.24) is 0 Å². The third kappa shape index (κ3) is 2.74. The van der Waals surface area contributed by atoms with Crippen molar-refractivity contribution >= 4 is 23.0 Å². The number of hydrogen-bond acceptors (Lipinski definition) is 1. The van der Waals surface area contributed by atoms with Gasteiger partial charge in [0.15, 0.2) is 11.6 Å². The van der Waals surface area contributed by atoms with E-state index in [1.807, 2.05) is 19.1 Å². The first-order chi connectivity index (χ1) is 8.06. The molecular weight excluding hydrogens is 244 g/mol. The summed E-state index contributed by atoms with van der Waals surface area (Å²) in [5, 5.41) is 3.57. The van der Waals surface area contributed by atoms with Gasteiger partial charge < -0.3 is 5.32 Å². The zero-order chi connectivity index (χ0) is 12.4. The molecule has 0 radical (unpaired) electrons. The van der Waals surface area contributed by atoms with E-state index in [9.17, 15) is 8.78 Å². The highest BCUT2D eigenvalue weighted by molar-refractivity contribution is 6.31. The monoisotopic (exact) mass is 253 g/mol. The lowest BCUT2D eigenvalue weighted by Gasteiger charge is -2.08. The molecule has 0 aliphatic carbocycles. The lowest BCUT2D eigenvalue weighted by molar-refractivity contribution is 0.509. The second-order valence-corrected chi connectivity index (χ2v) is 4.13. The van der Waals surface area contributed by atoms with Gasteiger partial charge in [-0.25, -0.2) is 8.78 Å². The zero-order valence-corrected chi connectivity index (χ0v) is 9.85. The van der Waals surface area contributed by atoms with Crippen LogP contribution in [0.2, 0.25) is 5.02 Å². The zero-order valence-electron chi connectivity index (χ0n) is 9.10. The van der Waals surface area contributed by atoms with Gasteiger partial charge in [-0.1, -0.05) is 17.7 Å². The molecular formula is C13H10ClF2N. The van der Waals surface area contributed by atoms with Crippen LogP contribution >= 0.6 is 11.6 Å². The minimum atomic E-state index is -0.881. The van der Waals surface area contributed by atoms with Crippen LogP contribution in [0.5, 0.6) is 0 Å². The van der Waals surface area contributed by atoms with E-state index in [0.717, 1.165) is 23.4 Å². The van der Waals surface area contributed by atoms with Crippen LogP contribution in [0.4, 0.5) is 20.2 Å². The molecule has 0 saturated carbocycles. The van der Waals surface area contributed by atoms with E-state index in [2.05, 4.69) is 5.32 Å². The van der Waals surface area contributed by atoms with E-state index in [4.69, 9.17) is 11.6 Å². The largest absolute Gasteiger partial charge is 0.355 e. The van der Waals surface area contributed by atoms with Crippen LogP contribution in [-0.2, 0) is 0 Å². The fourth-order valence-corrected chi connectivity index (χ4v) is 1.59. The summed E-state index contributed by atoms with van der Waals surface area (Å²) in [6.45, 7) is 1.89. The van der Waals surface area contributed by atoms with Gasteiger partial charge in [-0.05, 0) is 36.8 Å².